The number of ketones is 1. The first-order valence-corrected chi connectivity index (χ1v) is 6.38. The topological polar surface area (TPSA) is 102 Å². The Morgan fingerprint density at radius 1 is 1.10 bits per heavy atom. The summed E-state index contributed by atoms with van der Waals surface area (Å²) in [5.41, 5.74) is 0. The molecule has 0 aliphatic carbocycles. The van der Waals surface area contributed by atoms with Gasteiger partial charge in [-0.25, -0.2) is 4.79 Å². The van der Waals surface area contributed by atoms with Crippen LogP contribution in [0.25, 0.3) is 0 Å². The SMILES string of the molecule is CC(=O)C(=O)OCCN1CCN(CCO[N+](=O)[O-])CC1. The number of ether oxygens (including phenoxy) is 1. The van der Waals surface area contributed by atoms with Crippen LogP contribution in [0.15, 0.2) is 0 Å². The summed E-state index contributed by atoms with van der Waals surface area (Å²) in [5, 5.41) is 9.21. The fraction of sp³-hybridized carbons (Fsp3) is 0.818. The Hall–Kier alpha value is -1.74. The highest BCUT2D eigenvalue weighted by Crippen LogP contribution is 2.01. The highest BCUT2D eigenvalue weighted by atomic mass is 16.9. The predicted molar refractivity (Wildman–Crippen MR) is 67.5 cm³/mol. The van der Waals surface area contributed by atoms with E-state index < -0.39 is 16.8 Å². The third-order valence-corrected chi connectivity index (χ3v) is 3.00. The number of hydrogen-bond acceptors (Lipinski definition) is 8. The molecule has 0 N–H and O–H groups in total. The van der Waals surface area contributed by atoms with E-state index in [4.69, 9.17) is 4.74 Å². The number of esters is 1. The van der Waals surface area contributed by atoms with E-state index in [0.29, 0.717) is 13.1 Å². The van der Waals surface area contributed by atoms with Crippen LogP contribution >= 0.6 is 0 Å². The van der Waals surface area contributed by atoms with E-state index in [1.165, 1.54) is 6.92 Å². The van der Waals surface area contributed by atoms with Gasteiger partial charge in [0.25, 0.3) is 5.09 Å². The number of hydrogen-bond donors (Lipinski definition) is 0. The van der Waals surface area contributed by atoms with Crippen molar-refractivity contribution in [2.24, 2.45) is 0 Å². The number of piperazine rings is 1. The molecule has 0 aromatic carbocycles. The fourth-order valence-electron chi connectivity index (χ4n) is 1.85. The van der Waals surface area contributed by atoms with Crippen molar-refractivity contribution < 1.29 is 24.3 Å². The highest BCUT2D eigenvalue weighted by molar-refractivity contribution is 6.32. The summed E-state index contributed by atoms with van der Waals surface area (Å²) in [6.45, 7) is 5.68. The van der Waals surface area contributed by atoms with Crippen LogP contribution in [-0.4, -0.2) is 79.1 Å². The number of Topliss-reactive ketones (excluding diaryl/α,β-unsaturated/α-hetero) is 1. The molecule has 0 aromatic heterocycles. The molecule has 0 radical (unpaired) electrons. The molecule has 0 spiro atoms. The molecule has 0 amide bonds. The lowest BCUT2D eigenvalue weighted by atomic mass is 10.3. The van der Waals surface area contributed by atoms with Crippen molar-refractivity contribution in [2.75, 3.05) is 52.5 Å². The lowest BCUT2D eigenvalue weighted by molar-refractivity contribution is -0.757. The minimum absolute atomic E-state index is 0.0726. The summed E-state index contributed by atoms with van der Waals surface area (Å²) in [6, 6.07) is 0. The molecule has 1 rings (SSSR count). The zero-order valence-corrected chi connectivity index (χ0v) is 11.4. The van der Waals surface area contributed by atoms with Crippen LogP contribution in [0.3, 0.4) is 0 Å². The lowest BCUT2D eigenvalue weighted by Crippen LogP contribution is -2.48. The first-order valence-electron chi connectivity index (χ1n) is 6.38. The summed E-state index contributed by atoms with van der Waals surface area (Å²) in [7, 11) is 0. The van der Waals surface area contributed by atoms with Gasteiger partial charge in [0.1, 0.15) is 13.2 Å². The maximum atomic E-state index is 10.9. The molecule has 1 aliphatic heterocycles. The van der Waals surface area contributed by atoms with Gasteiger partial charge in [0, 0.05) is 46.2 Å². The van der Waals surface area contributed by atoms with Gasteiger partial charge >= 0.3 is 5.97 Å². The van der Waals surface area contributed by atoms with Crippen LogP contribution in [-0.2, 0) is 19.2 Å². The van der Waals surface area contributed by atoms with Crippen LogP contribution in [0.5, 0.6) is 0 Å². The molecule has 1 fully saturated rings. The Balaban J connectivity index is 2.08. The van der Waals surface area contributed by atoms with E-state index in [1.807, 2.05) is 0 Å². The van der Waals surface area contributed by atoms with Crippen molar-refractivity contribution in [2.45, 2.75) is 6.92 Å². The lowest BCUT2D eigenvalue weighted by Gasteiger charge is -2.34. The van der Waals surface area contributed by atoms with Crippen molar-refractivity contribution in [3.8, 4) is 0 Å². The summed E-state index contributed by atoms with van der Waals surface area (Å²) in [6.07, 6.45) is 0. The molecule has 9 heteroatoms. The standard InChI is InChI=1S/C11H19N3O6/c1-10(15)11(16)19-8-6-12-2-4-13(5-3-12)7-9-20-14(17)18/h2-9H2,1H3. The molecule has 1 saturated heterocycles. The monoisotopic (exact) mass is 289 g/mol. The molecule has 0 unspecified atom stereocenters. The van der Waals surface area contributed by atoms with Crippen LogP contribution < -0.4 is 0 Å². The maximum absolute atomic E-state index is 10.9. The van der Waals surface area contributed by atoms with Gasteiger partial charge in [0.05, 0.1) is 0 Å². The molecule has 0 aromatic rings. The second-order valence-electron chi connectivity index (χ2n) is 4.43. The first-order chi connectivity index (χ1) is 9.49. The van der Waals surface area contributed by atoms with E-state index in [9.17, 15) is 19.7 Å². The van der Waals surface area contributed by atoms with Gasteiger partial charge in [-0.05, 0) is 0 Å². The van der Waals surface area contributed by atoms with Crippen LogP contribution in [0.4, 0.5) is 0 Å². The average Bonchev–Trinajstić information content (AvgIpc) is 2.40. The summed E-state index contributed by atoms with van der Waals surface area (Å²) >= 11 is 0. The average molecular weight is 289 g/mol. The third kappa shape index (κ3) is 6.43. The molecule has 1 aliphatic rings. The van der Waals surface area contributed by atoms with Gasteiger partial charge in [-0.1, -0.05) is 0 Å². The molecule has 114 valence electrons. The number of nitrogens with zero attached hydrogens (tertiary/aromatic N) is 3. The predicted octanol–water partition coefficient (Wildman–Crippen LogP) is -1.06. The second-order valence-corrected chi connectivity index (χ2v) is 4.43. The van der Waals surface area contributed by atoms with Crippen molar-refractivity contribution in [1.29, 1.82) is 0 Å². The summed E-state index contributed by atoms with van der Waals surface area (Å²) in [5.74, 6) is -1.40. The molecule has 9 nitrogen and oxygen atoms in total. The van der Waals surface area contributed by atoms with E-state index in [1.54, 1.807) is 0 Å². The molecule has 20 heavy (non-hydrogen) atoms. The Bertz CT molecular complexity index is 354. The smallest absolute Gasteiger partial charge is 0.374 e. The Labute approximate surface area is 116 Å². The van der Waals surface area contributed by atoms with Gasteiger partial charge in [-0.15, -0.1) is 10.1 Å². The Kier molecular flexibility index (Phi) is 6.88. The van der Waals surface area contributed by atoms with Crippen molar-refractivity contribution in [3.05, 3.63) is 10.1 Å². The van der Waals surface area contributed by atoms with Crippen LogP contribution in [0, 0.1) is 10.1 Å². The zero-order valence-electron chi connectivity index (χ0n) is 11.4. The molecular formula is C11H19N3O6. The van der Waals surface area contributed by atoms with Crippen molar-refractivity contribution in [3.63, 3.8) is 0 Å². The largest absolute Gasteiger partial charge is 0.459 e. The number of carbonyl (C=O) groups excluding carboxylic acids is 2. The first kappa shape index (κ1) is 16.3. The quantitative estimate of drug-likeness (QED) is 0.241. The number of rotatable bonds is 8. The molecule has 0 atom stereocenters. The van der Waals surface area contributed by atoms with Gasteiger partial charge in [-0.3, -0.25) is 14.6 Å². The number of carbonyl (C=O) groups is 2. The van der Waals surface area contributed by atoms with Gasteiger partial charge in [-0.2, -0.15) is 0 Å². The van der Waals surface area contributed by atoms with E-state index >= 15 is 0 Å². The normalized spacial score (nSPS) is 16.6. The minimum Gasteiger partial charge on any atom is -0.459 e. The van der Waals surface area contributed by atoms with E-state index in [-0.39, 0.29) is 13.2 Å². The van der Waals surface area contributed by atoms with Gasteiger partial charge in [0.15, 0.2) is 0 Å². The highest BCUT2D eigenvalue weighted by Gasteiger charge is 2.17. The van der Waals surface area contributed by atoms with Crippen molar-refractivity contribution in [1.82, 2.24) is 9.80 Å². The van der Waals surface area contributed by atoms with Crippen LogP contribution in [0.2, 0.25) is 0 Å². The van der Waals surface area contributed by atoms with E-state index in [0.717, 1.165) is 26.2 Å². The zero-order chi connectivity index (χ0) is 15.0. The summed E-state index contributed by atoms with van der Waals surface area (Å²) < 4.78 is 4.79. The fourth-order valence-corrected chi connectivity index (χ4v) is 1.85. The van der Waals surface area contributed by atoms with Crippen LogP contribution in [0.1, 0.15) is 6.92 Å². The van der Waals surface area contributed by atoms with E-state index in [2.05, 4.69) is 14.6 Å². The summed E-state index contributed by atoms with van der Waals surface area (Å²) in [4.78, 5) is 40.1. The Morgan fingerprint density at radius 2 is 1.60 bits per heavy atom. The minimum atomic E-state index is -0.805. The van der Waals surface area contributed by atoms with Gasteiger partial charge < -0.3 is 9.57 Å². The molecular weight excluding hydrogens is 270 g/mol. The van der Waals surface area contributed by atoms with Crippen molar-refractivity contribution >= 4 is 11.8 Å². The Morgan fingerprint density at radius 3 is 2.05 bits per heavy atom. The van der Waals surface area contributed by atoms with Gasteiger partial charge in [0.2, 0.25) is 5.78 Å². The maximum Gasteiger partial charge on any atom is 0.374 e. The molecule has 0 saturated carbocycles. The molecule has 1 heterocycles. The second kappa shape index (κ2) is 8.43. The third-order valence-electron chi connectivity index (χ3n) is 3.00. The molecule has 0 bridgehead atoms.